The van der Waals surface area contributed by atoms with E-state index < -0.39 is 44.6 Å². The Bertz CT molecular complexity index is 427. The van der Waals surface area contributed by atoms with E-state index in [0.29, 0.717) is 0 Å². The molecule has 106 valence electrons. The van der Waals surface area contributed by atoms with Crippen molar-refractivity contribution in [3.8, 4) is 0 Å². The molecule has 1 atom stereocenters. The van der Waals surface area contributed by atoms with Crippen molar-refractivity contribution in [2.24, 2.45) is 17.3 Å². The van der Waals surface area contributed by atoms with Crippen LogP contribution in [0.25, 0.3) is 0 Å². The van der Waals surface area contributed by atoms with E-state index in [2.05, 4.69) is 0 Å². The van der Waals surface area contributed by atoms with Crippen molar-refractivity contribution in [3.05, 3.63) is 0 Å². The molecule has 0 rings (SSSR count). The van der Waals surface area contributed by atoms with Crippen LogP contribution in [0.4, 0.5) is 0 Å². The number of hydrogen-bond donors (Lipinski definition) is 3. The molecular formula is C10H18O7S. The molecule has 8 heteroatoms. The molecule has 0 spiro atoms. The summed E-state index contributed by atoms with van der Waals surface area (Å²) in [6, 6.07) is 0. The third kappa shape index (κ3) is 2.64. The summed E-state index contributed by atoms with van der Waals surface area (Å²) in [4.78, 5) is 22.6. The van der Waals surface area contributed by atoms with E-state index >= 15 is 0 Å². The minimum Gasteiger partial charge on any atom is -0.481 e. The highest BCUT2D eigenvalue weighted by Crippen LogP contribution is 2.42. The molecule has 0 radical (unpaired) electrons. The van der Waals surface area contributed by atoms with Gasteiger partial charge in [-0.3, -0.25) is 14.1 Å². The van der Waals surface area contributed by atoms with Crippen LogP contribution < -0.4 is 0 Å². The first kappa shape index (κ1) is 16.9. The fourth-order valence-electron chi connectivity index (χ4n) is 2.46. The molecule has 0 bridgehead atoms. The third-order valence-electron chi connectivity index (χ3n) is 3.24. The number of carboxylic acids is 2. The summed E-state index contributed by atoms with van der Waals surface area (Å²) in [6.45, 7) is 5.65. The zero-order chi connectivity index (χ0) is 14.9. The highest BCUT2D eigenvalue weighted by atomic mass is 32.2. The maximum atomic E-state index is 11.5. The second kappa shape index (κ2) is 5.23. The van der Waals surface area contributed by atoms with Crippen LogP contribution in [0, 0.1) is 17.3 Å². The van der Waals surface area contributed by atoms with Crippen molar-refractivity contribution in [1.82, 2.24) is 0 Å². The van der Waals surface area contributed by atoms with Crippen LogP contribution in [0.15, 0.2) is 0 Å². The molecule has 0 aromatic rings. The van der Waals surface area contributed by atoms with Gasteiger partial charge in [-0.1, -0.05) is 27.7 Å². The van der Waals surface area contributed by atoms with Crippen molar-refractivity contribution in [1.29, 1.82) is 0 Å². The molecular weight excluding hydrogens is 264 g/mol. The summed E-state index contributed by atoms with van der Waals surface area (Å²) in [5.41, 5.74) is -2.10. The van der Waals surface area contributed by atoms with Crippen LogP contribution in [0.5, 0.6) is 0 Å². The van der Waals surface area contributed by atoms with E-state index in [-0.39, 0.29) is 0 Å². The number of aliphatic carboxylic acids is 2. The largest absolute Gasteiger partial charge is 0.481 e. The van der Waals surface area contributed by atoms with Crippen LogP contribution in [0.2, 0.25) is 0 Å². The number of rotatable bonds is 6. The van der Waals surface area contributed by atoms with Crippen molar-refractivity contribution >= 4 is 22.1 Å². The average Bonchev–Trinajstić information content (AvgIpc) is 2.08. The Balaban J connectivity index is 6.31. The highest BCUT2D eigenvalue weighted by Gasteiger charge is 2.59. The Morgan fingerprint density at radius 1 is 1.00 bits per heavy atom. The highest BCUT2D eigenvalue weighted by molar-refractivity contribution is 7.87. The quantitative estimate of drug-likeness (QED) is 0.612. The molecule has 0 saturated carbocycles. The van der Waals surface area contributed by atoms with Gasteiger partial charge in [-0.2, -0.15) is 8.42 Å². The minimum atomic E-state index is -5.04. The molecule has 18 heavy (non-hydrogen) atoms. The SMILES string of the molecule is CC(C)C(C(=O)O)(C(C)C)C(C(=O)O)S(=O)(=O)O. The normalized spacial score (nSPS) is 14.8. The number of hydrogen-bond acceptors (Lipinski definition) is 4. The van der Waals surface area contributed by atoms with E-state index in [9.17, 15) is 23.1 Å². The molecule has 7 nitrogen and oxygen atoms in total. The Morgan fingerprint density at radius 2 is 1.33 bits per heavy atom. The zero-order valence-electron chi connectivity index (χ0n) is 10.6. The van der Waals surface area contributed by atoms with Crippen LogP contribution in [0.1, 0.15) is 27.7 Å². The van der Waals surface area contributed by atoms with Gasteiger partial charge in [0, 0.05) is 0 Å². The molecule has 3 N–H and O–H groups in total. The summed E-state index contributed by atoms with van der Waals surface area (Å²) < 4.78 is 31.5. The van der Waals surface area contributed by atoms with Crippen molar-refractivity contribution in [2.75, 3.05) is 0 Å². The molecule has 0 fully saturated rings. The second-order valence-electron chi connectivity index (χ2n) is 4.78. The molecule has 0 saturated heterocycles. The average molecular weight is 282 g/mol. The maximum absolute atomic E-state index is 11.5. The third-order valence-corrected chi connectivity index (χ3v) is 4.42. The molecule has 1 unspecified atom stereocenters. The monoisotopic (exact) mass is 282 g/mol. The zero-order valence-corrected chi connectivity index (χ0v) is 11.4. The van der Waals surface area contributed by atoms with Crippen molar-refractivity contribution in [2.45, 2.75) is 32.9 Å². The van der Waals surface area contributed by atoms with Gasteiger partial charge in [0.15, 0.2) is 5.25 Å². The minimum absolute atomic E-state index is 0.793. The van der Waals surface area contributed by atoms with Crippen molar-refractivity contribution in [3.63, 3.8) is 0 Å². The Hall–Kier alpha value is -1.15. The lowest BCUT2D eigenvalue weighted by molar-refractivity contribution is -0.162. The summed E-state index contributed by atoms with van der Waals surface area (Å²) >= 11 is 0. The Labute approximate surface area is 106 Å². The van der Waals surface area contributed by atoms with Crippen LogP contribution in [-0.4, -0.2) is 40.4 Å². The Kier molecular flexibility index (Phi) is 4.90. The van der Waals surface area contributed by atoms with E-state index in [1.807, 2.05) is 0 Å². The first-order valence-electron chi connectivity index (χ1n) is 5.32. The van der Waals surface area contributed by atoms with E-state index in [4.69, 9.17) is 9.66 Å². The predicted molar refractivity (Wildman–Crippen MR) is 62.7 cm³/mol. The molecule has 0 aromatic carbocycles. The van der Waals surface area contributed by atoms with E-state index in [1.165, 1.54) is 27.7 Å². The lowest BCUT2D eigenvalue weighted by Gasteiger charge is -2.39. The Morgan fingerprint density at radius 3 is 1.39 bits per heavy atom. The first-order valence-corrected chi connectivity index (χ1v) is 6.82. The van der Waals surface area contributed by atoms with E-state index in [1.54, 1.807) is 0 Å². The van der Waals surface area contributed by atoms with Gasteiger partial charge in [0.25, 0.3) is 10.1 Å². The van der Waals surface area contributed by atoms with Gasteiger partial charge in [0.05, 0.1) is 0 Å². The molecule has 0 amide bonds. The molecule has 0 heterocycles. The fraction of sp³-hybridized carbons (Fsp3) is 0.800. The van der Waals surface area contributed by atoms with Crippen molar-refractivity contribution < 1.29 is 32.8 Å². The molecule has 0 aliphatic heterocycles. The topological polar surface area (TPSA) is 129 Å². The van der Waals surface area contributed by atoms with Crippen LogP contribution in [0.3, 0.4) is 0 Å². The van der Waals surface area contributed by atoms with Gasteiger partial charge in [0.1, 0.15) is 5.41 Å². The number of carbonyl (C=O) groups is 2. The maximum Gasteiger partial charge on any atom is 0.325 e. The van der Waals surface area contributed by atoms with Gasteiger partial charge in [-0.15, -0.1) is 0 Å². The molecule has 0 aliphatic rings. The number of carboxylic acid groups (broad SMARTS) is 2. The van der Waals surface area contributed by atoms with Gasteiger partial charge in [-0.05, 0) is 11.8 Å². The van der Waals surface area contributed by atoms with Gasteiger partial charge >= 0.3 is 11.9 Å². The summed E-state index contributed by atoms with van der Waals surface area (Å²) in [5.74, 6) is -5.02. The van der Waals surface area contributed by atoms with Gasteiger partial charge in [-0.25, -0.2) is 0 Å². The lowest BCUT2D eigenvalue weighted by Crippen LogP contribution is -2.57. The molecule has 0 aliphatic carbocycles. The van der Waals surface area contributed by atoms with Crippen LogP contribution in [-0.2, 0) is 19.7 Å². The van der Waals surface area contributed by atoms with Crippen LogP contribution >= 0.6 is 0 Å². The molecule has 0 aromatic heterocycles. The first-order chi connectivity index (χ1) is 7.90. The van der Waals surface area contributed by atoms with Gasteiger partial charge in [0.2, 0.25) is 0 Å². The van der Waals surface area contributed by atoms with Gasteiger partial charge < -0.3 is 10.2 Å². The fourth-order valence-corrected chi connectivity index (χ4v) is 3.85. The second-order valence-corrected chi connectivity index (χ2v) is 6.28. The predicted octanol–water partition coefficient (Wildman–Crippen LogP) is 0.710. The summed E-state index contributed by atoms with van der Waals surface area (Å²) in [5, 5.41) is 15.9. The van der Waals surface area contributed by atoms with E-state index in [0.717, 1.165) is 0 Å². The smallest absolute Gasteiger partial charge is 0.325 e. The standard InChI is InChI=1S/C10H18O7S/c1-5(2)10(6(3)4,9(13)14)7(8(11)12)18(15,16)17/h5-7H,1-4H3,(H,11,12)(H,13,14)(H,15,16,17). The lowest BCUT2D eigenvalue weighted by atomic mass is 9.66. The summed E-state index contributed by atoms with van der Waals surface area (Å²) in [7, 11) is -5.04. The summed E-state index contributed by atoms with van der Waals surface area (Å²) in [6.07, 6.45) is 0.